The summed E-state index contributed by atoms with van der Waals surface area (Å²) in [5, 5.41) is 5.76. The van der Waals surface area contributed by atoms with Gasteiger partial charge in [0.1, 0.15) is 0 Å². The predicted octanol–water partition coefficient (Wildman–Crippen LogP) is 2.71. The molecule has 146 valence electrons. The Balaban J connectivity index is 1.48. The molecule has 0 bridgehead atoms. The average molecular weight is 419 g/mol. The molecule has 1 amide bonds. The number of nitrogens with one attached hydrogen (secondary N) is 1. The van der Waals surface area contributed by atoms with Crippen molar-refractivity contribution in [3.05, 3.63) is 47.2 Å². The van der Waals surface area contributed by atoms with E-state index in [-0.39, 0.29) is 23.2 Å². The number of aryl methyl sites for hydroxylation is 1. The molecule has 4 rings (SSSR count). The molecule has 1 aliphatic heterocycles. The van der Waals surface area contributed by atoms with Gasteiger partial charge in [0.15, 0.2) is 0 Å². The zero-order valence-corrected chi connectivity index (χ0v) is 16.7. The molecule has 8 nitrogen and oxygen atoms in total. The van der Waals surface area contributed by atoms with Gasteiger partial charge < -0.3 is 9.42 Å². The SMILES string of the molecule is Cc1cc(S(=O)(=O)NCc2nc(-c3cccs3)no2)ccc1N1CCCC1=O. The first-order valence-corrected chi connectivity index (χ1v) is 11.1. The number of anilines is 1. The van der Waals surface area contributed by atoms with Crippen molar-refractivity contribution in [3.63, 3.8) is 0 Å². The van der Waals surface area contributed by atoms with E-state index in [1.807, 2.05) is 17.5 Å². The van der Waals surface area contributed by atoms with Crippen LogP contribution < -0.4 is 9.62 Å². The van der Waals surface area contributed by atoms with E-state index >= 15 is 0 Å². The fourth-order valence-electron chi connectivity index (χ4n) is 3.07. The molecule has 3 aromatic rings. The molecule has 1 aliphatic rings. The lowest BCUT2D eigenvalue weighted by Crippen LogP contribution is -2.26. The third-order valence-electron chi connectivity index (χ3n) is 4.47. The fraction of sp³-hybridized carbons (Fsp3) is 0.278. The average Bonchev–Trinajstić information content (AvgIpc) is 3.41. The van der Waals surface area contributed by atoms with Crippen molar-refractivity contribution in [2.45, 2.75) is 31.2 Å². The van der Waals surface area contributed by atoms with Crippen molar-refractivity contribution >= 4 is 33.0 Å². The topological polar surface area (TPSA) is 105 Å². The highest BCUT2D eigenvalue weighted by Crippen LogP contribution is 2.27. The Hall–Kier alpha value is -2.56. The minimum absolute atomic E-state index is 0.0646. The van der Waals surface area contributed by atoms with Crippen LogP contribution in [0.3, 0.4) is 0 Å². The highest BCUT2D eigenvalue weighted by atomic mass is 32.2. The molecule has 0 radical (unpaired) electrons. The molecular weight excluding hydrogens is 400 g/mol. The van der Waals surface area contributed by atoms with E-state index in [4.69, 9.17) is 4.52 Å². The summed E-state index contributed by atoms with van der Waals surface area (Å²) in [6.07, 6.45) is 1.34. The molecule has 1 saturated heterocycles. The molecule has 0 saturated carbocycles. The molecule has 0 unspecified atom stereocenters. The Kier molecular flexibility index (Phi) is 5.00. The quantitative estimate of drug-likeness (QED) is 0.660. The van der Waals surface area contributed by atoms with E-state index in [2.05, 4.69) is 14.9 Å². The van der Waals surface area contributed by atoms with Gasteiger partial charge in [-0.1, -0.05) is 11.2 Å². The highest BCUT2D eigenvalue weighted by molar-refractivity contribution is 7.89. The van der Waals surface area contributed by atoms with Gasteiger partial charge in [0.25, 0.3) is 0 Å². The van der Waals surface area contributed by atoms with E-state index in [0.717, 1.165) is 22.5 Å². The van der Waals surface area contributed by atoms with Crippen LogP contribution in [-0.4, -0.2) is 31.0 Å². The van der Waals surface area contributed by atoms with E-state index in [1.165, 1.54) is 17.4 Å². The van der Waals surface area contributed by atoms with E-state index < -0.39 is 10.0 Å². The van der Waals surface area contributed by atoms with E-state index in [0.29, 0.717) is 18.8 Å². The van der Waals surface area contributed by atoms with Crippen LogP contribution in [0.4, 0.5) is 5.69 Å². The summed E-state index contributed by atoms with van der Waals surface area (Å²) < 4.78 is 32.8. The lowest BCUT2D eigenvalue weighted by Gasteiger charge is -2.19. The van der Waals surface area contributed by atoms with Crippen LogP contribution >= 0.6 is 11.3 Å². The summed E-state index contributed by atoms with van der Waals surface area (Å²) in [4.78, 5) is 18.8. The van der Waals surface area contributed by atoms with Crippen LogP contribution in [0.1, 0.15) is 24.3 Å². The van der Waals surface area contributed by atoms with Gasteiger partial charge in [-0.3, -0.25) is 4.79 Å². The van der Waals surface area contributed by atoms with Crippen molar-refractivity contribution in [1.29, 1.82) is 0 Å². The smallest absolute Gasteiger partial charge is 0.242 e. The zero-order chi connectivity index (χ0) is 19.7. The molecule has 0 atom stereocenters. The molecule has 3 heterocycles. The first-order valence-electron chi connectivity index (χ1n) is 8.71. The third-order valence-corrected chi connectivity index (χ3v) is 6.73. The Morgan fingerprint density at radius 3 is 2.86 bits per heavy atom. The van der Waals surface area contributed by atoms with Gasteiger partial charge in [0, 0.05) is 18.7 Å². The summed E-state index contributed by atoms with van der Waals surface area (Å²) in [7, 11) is -3.76. The second kappa shape index (κ2) is 7.46. The molecule has 0 spiro atoms. The molecule has 28 heavy (non-hydrogen) atoms. The first-order chi connectivity index (χ1) is 13.4. The standard InChI is InChI=1S/C18H18N4O4S2/c1-12-10-13(6-7-14(12)22-8-2-5-17(22)23)28(24,25)19-11-16-20-18(21-26-16)15-4-3-9-27-15/h3-4,6-7,9-10,19H,2,5,8,11H2,1H3. The molecular formula is C18H18N4O4S2. The van der Waals surface area contributed by atoms with Gasteiger partial charge in [-0.05, 0) is 48.6 Å². The van der Waals surface area contributed by atoms with Gasteiger partial charge in [-0.2, -0.15) is 4.98 Å². The Morgan fingerprint density at radius 2 is 2.18 bits per heavy atom. The van der Waals surface area contributed by atoms with Gasteiger partial charge >= 0.3 is 0 Å². The maximum atomic E-state index is 12.6. The normalized spacial score (nSPS) is 14.8. The van der Waals surface area contributed by atoms with Crippen molar-refractivity contribution in [2.75, 3.05) is 11.4 Å². The second-order valence-electron chi connectivity index (χ2n) is 6.41. The van der Waals surface area contributed by atoms with Crippen LogP contribution in [0.25, 0.3) is 10.7 Å². The maximum absolute atomic E-state index is 12.6. The van der Waals surface area contributed by atoms with Crippen molar-refractivity contribution in [2.24, 2.45) is 0 Å². The summed E-state index contributed by atoms with van der Waals surface area (Å²) in [5.74, 6) is 0.678. The van der Waals surface area contributed by atoms with Crippen LogP contribution in [0.15, 0.2) is 45.1 Å². The number of benzene rings is 1. The summed E-state index contributed by atoms with van der Waals surface area (Å²) in [6.45, 7) is 2.35. The van der Waals surface area contributed by atoms with Crippen LogP contribution in [0.5, 0.6) is 0 Å². The van der Waals surface area contributed by atoms with E-state index in [9.17, 15) is 13.2 Å². The molecule has 1 N–H and O–H groups in total. The molecule has 0 aliphatic carbocycles. The Morgan fingerprint density at radius 1 is 1.32 bits per heavy atom. The van der Waals surface area contributed by atoms with Gasteiger partial charge in [0.2, 0.25) is 27.6 Å². The number of hydrogen-bond acceptors (Lipinski definition) is 7. The number of rotatable bonds is 6. The van der Waals surface area contributed by atoms with Crippen molar-refractivity contribution < 1.29 is 17.7 Å². The van der Waals surface area contributed by atoms with Crippen molar-refractivity contribution in [1.82, 2.24) is 14.9 Å². The van der Waals surface area contributed by atoms with Gasteiger partial charge in [-0.25, -0.2) is 13.1 Å². The number of carbonyl (C=O) groups is 1. The minimum Gasteiger partial charge on any atom is -0.337 e. The summed E-state index contributed by atoms with van der Waals surface area (Å²) in [5.41, 5.74) is 1.48. The lowest BCUT2D eigenvalue weighted by atomic mass is 10.2. The van der Waals surface area contributed by atoms with Crippen LogP contribution in [-0.2, 0) is 21.4 Å². The largest absolute Gasteiger partial charge is 0.337 e. The van der Waals surface area contributed by atoms with E-state index in [1.54, 1.807) is 24.0 Å². The number of nitrogens with zero attached hydrogens (tertiary/aromatic N) is 3. The van der Waals surface area contributed by atoms with Crippen LogP contribution in [0, 0.1) is 6.92 Å². The molecule has 2 aromatic heterocycles. The monoisotopic (exact) mass is 418 g/mol. The summed E-state index contributed by atoms with van der Waals surface area (Å²) >= 11 is 1.47. The Labute approximate surface area is 166 Å². The Bertz CT molecular complexity index is 1110. The second-order valence-corrected chi connectivity index (χ2v) is 9.13. The fourth-order valence-corrected chi connectivity index (χ4v) is 4.78. The summed E-state index contributed by atoms with van der Waals surface area (Å²) in [6, 6.07) is 8.48. The number of thiophene rings is 1. The zero-order valence-electron chi connectivity index (χ0n) is 15.1. The van der Waals surface area contributed by atoms with Crippen molar-refractivity contribution in [3.8, 4) is 10.7 Å². The number of amides is 1. The van der Waals surface area contributed by atoms with Crippen LogP contribution in [0.2, 0.25) is 0 Å². The van der Waals surface area contributed by atoms with Gasteiger partial charge in [0.05, 0.1) is 16.3 Å². The third kappa shape index (κ3) is 3.71. The van der Waals surface area contributed by atoms with Gasteiger partial charge in [-0.15, -0.1) is 11.3 Å². The number of sulfonamides is 1. The first kappa shape index (κ1) is 18.8. The number of hydrogen-bond donors (Lipinski definition) is 1. The maximum Gasteiger partial charge on any atom is 0.242 e. The highest BCUT2D eigenvalue weighted by Gasteiger charge is 2.24. The number of aromatic nitrogens is 2. The molecule has 1 aromatic carbocycles. The molecule has 1 fully saturated rings. The minimum atomic E-state index is -3.76. The predicted molar refractivity (Wildman–Crippen MR) is 104 cm³/mol. The lowest BCUT2D eigenvalue weighted by molar-refractivity contribution is -0.117. The molecule has 10 heteroatoms. The number of carbonyl (C=O) groups excluding carboxylic acids is 1.